The highest BCUT2D eigenvalue weighted by molar-refractivity contribution is 5.60. The molecule has 0 aromatic heterocycles. The molecule has 0 bridgehead atoms. The van der Waals surface area contributed by atoms with Crippen molar-refractivity contribution in [3.8, 4) is 5.75 Å². The van der Waals surface area contributed by atoms with Crippen molar-refractivity contribution in [2.75, 3.05) is 5.73 Å². The Balaban J connectivity index is 2.34. The summed E-state index contributed by atoms with van der Waals surface area (Å²) in [6, 6.07) is 3.96. The summed E-state index contributed by atoms with van der Waals surface area (Å²) in [5.41, 5.74) is 11.6. The van der Waals surface area contributed by atoms with Gasteiger partial charge in [0.15, 0.2) is 0 Å². The van der Waals surface area contributed by atoms with Gasteiger partial charge in [0, 0.05) is 17.2 Å². The fraction of sp³-hybridized carbons (Fsp3) is 0.524. The number of anilines is 1. The van der Waals surface area contributed by atoms with Crippen molar-refractivity contribution >= 4 is 5.69 Å². The van der Waals surface area contributed by atoms with E-state index in [-0.39, 0.29) is 5.92 Å². The Hall–Kier alpha value is -1.70. The lowest BCUT2D eigenvalue weighted by molar-refractivity contribution is 0.437. The van der Waals surface area contributed by atoms with Crippen LogP contribution in [-0.4, -0.2) is 5.11 Å². The van der Waals surface area contributed by atoms with Crippen molar-refractivity contribution < 1.29 is 5.11 Å². The summed E-state index contributed by atoms with van der Waals surface area (Å²) in [5, 5.41) is 10.6. The number of phenolic OH excluding ortho intramolecular Hbond substituents is 1. The zero-order valence-electron chi connectivity index (χ0n) is 14.9. The van der Waals surface area contributed by atoms with Crippen LogP contribution in [0.1, 0.15) is 69.9 Å². The van der Waals surface area contributed by atoms with Gasteiger partial charge in [-0.1, -0.05) is 43.6 Å². The van der Waals surface area contributed by atoms with E-state index in [9.17, 15) is 5.11 Å². The van der Waals surface area contributed by atoms with Crippen molar-refractivity contribution in [2.45, 2.75) is 65.2 Å². The second kappa shape index (κ2) is 7.72. The van der Waals surface area contributed by atoms with Crippen molar-refractivity contribution in [3.63, 3.8) is 0 Å². The molecular weight excluding hydrogens is 282 g/mol. The van der Waals surface area contributed by atoms with Gasteiger partial charge in [-0.25, -0.2) is 0 Å². The predicted octanol–water partition coefficient (Wildman–Crippen LogP) is 5.72. The summed E-state index contributed by atoms with van der Waals surface area (Å²) in [4.78, 5) is 0. The van der Waals surface area contributed by atoms with Crippen LogP contribution in [0.5, 0.6) is 5.75 Å². The summed E-state index contributed by atoms with van der Waals surface area (Å²) < 4.78 is 0. The lowest BCUT2D eigenvalue weighted by atomic mass is 9.73. The molecule has 3 N–H and O–H groups in total. The van der Waals surface area contributed by atoms with Gasteiger partial charge in [-0.15, -0.1) is 0 Å². The maximum absolute atomic E-state index is 10.6. The van der Waals surface area contributed by atoms with Gasteiger partial charge in [0.25, 0.3) is 0 Å². The molecule has 126 valence electrons. The molecule has 0 radical (unpaired) electrons. The third-order valence-corrected chi connectivity index (χ3v) is 5.03. The van der Waals surface area contributed by atoms with E-state index in [4.69, 9.17) is 5.73 Å². The Bertz CT molecular complexity index is 577. The molecule has 0 spiro atoms. The fourth-order valence-corrected chi connectivity index (χ4v) is 3.71. The van der Waals surface area contributed by atoms with E-state index in [1.807, 2.05) is 6.07 Å². The predicted molar refractivity (Wildman–Crippen MR) is 99.8 cm³/mol. The number of aryl methyl sites for hydroxylation is 1. The summed E-state index contributed by atoms with van der Waals surface area (Å²) in [5.74, 6) is 0.850. The van der Waals surface area contributed by atoms with Crippen LogP contribution < -0.4 is 5.73 Å². The van der Waals surface area contributed by atoms with Gasteiger partial charge in [-0.05, 0) is 63.1 Å². The number of nitrogen functional groups attached to an aromatic ring is 1. The first-order valence-electron chi connectivity index (χ1n) is 8.88. The minimum Gasteiger partial charge on any atom is -0.508 e. The molecule has 2 atom stereocenters. The lowest BCUT2D eigenvalue weighted by Gasteiger charge is -2.32. The Morgan fingerprint density at radius 3 is 2.70 bits per heavy atom. The van der Waals surface area contributed by atoms with Gasteiger partial charge in [-0.3, -0.25) is 0 Å². The number of nitrogens with two attached hydrogens (primary N) is 1. The molecule has 0 saturated carbocycles. The standard InChI is InChI=1S/C21H31NO/c1-5-6-7-8-16-12-19(22)21(20(23)13-16)18-11-15(4)9-10-17(18)14(2)3/h11-13,17-18,23H,2,5-10,22H2,1,3-4H3/t17-,18+/m0/s1. The van der Waals surface area contributed by atoms with E-state index in [0.717, 1.165) is 42.5 Å². The zero-order valence-corrected chi connectivity index (χ0v) is 14.9. The van der Waals surface area contributed by atoms with Crippen LogP contribution in [-0.2, 0) is 6.42 Å². The molecule has 0 saturated heterocycles. The Labute approximate surface area is 141 Å². The van der Waals surface area contributed by atoms with Gasteiger partial charge in [0.1, 0.15) is 5.75 Å². The molecule has 2 heteroatoms. The second-order valence-corrected chi connectivity index (χ2v) is 7.11. The van der Waals surface area contributed by atoms with Crippen LogP contribution in [0.2, 0.25) is 0 Å². The Morgan fingerprint density at radius 1 is 1.35 bits per heavy atom. The second-order valence-electron chi connectivity index (χ2n) is 7.11. The number of aromatic hydroxyl groups is 1. The number of phenols is 1. The van der Waals surface area contributed by atoms with Crippen LogP contribution in [0, 0.1) is 5.92 Å². The molecule has 0 aliphatic heterocycles. The average molecular weight is 313 g/mol. The molecule has 1 aliphatic rings. The molecule has 2 rings (SSSR count). The third kappa shape index (κ3) is 4.19. The molecule has 0 heterocycles. The first-order chi connectivity index (χ1) is 10.9. The molecule has 1 aromatic carbocycles. The molecule has 1 aromatic rings. The monoisotopic (exact) mass is 313 g/mol. The fourth-order valence-electron chi connectivity index (χ4n) is 3.71. The number of unbranched alkanes of at least 4 members (excludes halogenated alkanes) is 2. The average Bonchev–Trinajstić information content (AvgIpc) is 2.46. The van der Waals surface area contributed by atoms with Crippen LogP contribution >= 0.6 is 0 Å². The van der Waals surface area contributed by atoms with Gasteiger partial charge in [-0.2, -0.15) is 0 Å². The maximum Gasteiger partial charge on any atom is 0.121 e. The summed E-state index contributed by atoms with van der Waals surface area (Å²) >= 11 is 0. The molecule has 0 unspecified atom stereocenters. The smallest absolute Gasteiger partial charge is 0.121 e. The van der Waals surface area contributed by atoms with Gasteiger partial charge in [0.2, 0.25) is 0 Å². The molecule has 23 heavy (non-hydrogen) atoms. The number of rotatable bonds is 6. The third-order valence-electron chi connectivity index (χ3n) is 5.03. The highest BCUT2D eigenvalue weighted by Crippen LogP contribution is 2.45. The molecule has 0 fully saturated rings. The van der Waals surface area contributed by atoms with E-state index in [2.05, 4.69) is 39.5 Å². The van der Waals surface area contributed by atoms with Crippen LogP contribution in [0.3, 0.4) is 0 Å². The van der Waals surface area contributed by atoms with E-state index in [1.54, 1.807) is 0 Å². The Kier molecular flexibility index (Phi) is 5.92. The SMILES string of the molecule is C=C(C)[C@@H]1CCC(C)=C[C@H]1c1c(N)cc(CCCCC)cc1O. The van der Waals surface area contributed by atoms with Crippen LogP contribution in [0.25, 0.3) is 0 Å². The number of hydrogen-bond acceptors (Lipinski definition) is 2. The number of hydrogen-bond donors (Lipinski definition) is 2. The zero-order chi connectivity index (χ0) is 17.0. The summed E-state index contributed by atoms with van der Waals surface area (Å²) in [7, 11) is 0. The molecule has 1 aliphatic carbocycles. The van der Waals surface area contributed by atoms with Crippen LogP contribution in [0.4, 0.5) is 5.69 Å². The Morgan fingerprint density at radius 2 is 2.09 bits per heavy atom. The highest BCUT2D eigenvalue weighted by Gasteiger charge is 2.29. The first kappa shape index (κ1) is 17.7. The minimum absolute atomic E-state index is 0.144. The maximum atomic E-state index is 10.6. The van der Waals surface area contributed by atoms with E-state index in [1.165, 1.54) is 24.0 Å². The van der Waals surface area contributed by atoms with E-state index in [0.29, 0.717) is 11.7 Å². The quantitative estimate of drug-likeness (QED) is 0.400. The first-order valence-corrected chi connectivity index (χ1v) is 8.88. The largest absolute Gasteiger partial charge is 0.508 e. The van der Waals surface area contributed by atoms with E-state index < -0.39 is 0 Å². The molecule has 0 amide bonds. The summed E-state index contributed by atoms with van der Waals surface area (Å²) in [6.07, 6.45) is 8.99. The van der Waals surface area contributed by atoms with Gasteiger partial charge < -0.3 is 10.8 Å². The topological polar surface area (TPSA) is 46.2 Å². The number of benzene rings is 1. The van der Waals surface area contributed by atoms with Crippen LogP contribution in [0.15, 0.2) is 35.9 Å². The normalized spacial score (nSPS) is 21.1. The van der Waals surface area contributed by atoms with Crippen molar-refractivity contribution in [3.05, 3.63) is 47.1 Å². The van der Waals surface area contributed by atoms with Crippen molar-refractivity contribution in [2.24, 2.45) is 5.92 Å². The van der Waals surface area contributed by atoms with E-state index >= 15 is 0 Å². The van der Waals surface area contributed by atoms with Crippen molar-refractivity contribution in [1.82, 2.24) is 0 Å². The lowest BCUT2D eigenvalue weighted by Crippen LogP contribution is -2.18. The highest BCUT2D eigenvalue weighted by atomic mass is 16.3. The van der Waals surface area contributed by atoms with Gasteiger partial charge >= 0.3 is 0 Å². The summed E-state index contributed by atoms with van der Waals surface area (Å²) in [6.45, 7) is 10.6. The molecule has 2 nitrogen and oxygen atoms in total. The minimum atomic E-state index is 0.144. The van der Waals surface area contributed by atoms with Gasteiger partial charge in [0.05, 0.1) is 0 Å². The van der Waals surface area contributed by atoms with Crippen molar-refractivity contribution in [1.29, 1.82) is 0 Å². The number of allylic oxidation sites excluding steroid dienone is 3. The molecular formula is C21H31NO.